The fourth-order valence-electron chi connectivity index (χ4n) is 1.70. The average Bonchev–Trinajstić information content (AvgIpc) is 2.86. The van der Waals surface area contributed by atoms with Crippen molar-refractivity contribution in [2.24, 2.45) is 0 Å². The van der Waals surface area contributed by atoms with E-state index in [2.05, 4.69) is 5.10 Å². The fraction of sp³-hybridized carbons (Fsp3) is 0.231. The highest BCUT2D eigenvalue weighted by molar-refractivity contribution is 5.75. The molecule has 0 fully saturated rings. The van der Waals surface area contributed by atoms with Gasteiger partial charge in [-0.3, -0.25) is 4.79 Å². The van der Waals surface area contributed by atoms with E-state index in [1.54, 1.807) is 0 Å². The van der Waals surface area contributed by atoms with Crippen LogP contribution >= 0.6 is 0 Å². The zero-order valence-corrected chi connectivity index (χ0v) is 10.4. The number of carbonyl (C=O) groups is 1. The third-order valence-electron chi connectivity index (χ3n) is 2.89. The Morgan fingerprint density at radius 2 is 2.00 bits per heavy atom. The molecule has 0 saturated carbocycles. The minimum atomic E-state index is -2.79. The summed E-state index contributed by atoms with van der Waals surface area (Å²) in [6, 6.07) is 2.91. The zero-order chi connectivity index (χ0) is 14.9. The molecular formula is C13H11F3N2O2. The van der Waals surface area contributed by atoms with Gasteiger partial charge in [0, 0.05) is 17.3 Å². The van der Waals surface area contributed by atoms with Crippen molar-refractivity contribution in [1.29, 1.82) is 0 Å². The van der Waals surface area contributed by atoms with Crippen LogP contribution < -0.4 is 0 Å². The van der Waals surface area contributed by atoms with Gasteiger partial charge < -0.3 is 5.11 Å². The summed E-state index contributed by atoms with van der Waals surface area (Å²) < 4.78 is 39.7. The molecule has 0 saturated heterocycles. The summed E-state index contributed by atoms with van der Waals surface area (Å²) in [5, 5.41) is 12.8. The minimum absolute atomic E-state index is 0.115. The first-order valence-corrected chi connectivity index (χ1v) is 5.75. The van der Waals surface area contributed by atoms with Gasteiger partial charge in [0.05, 0.1) is 17.8 Å². The number of hydrogen-bond acceptors (Lipinski definition) is 2. The summed E-state index contributed by atoms with van der Waals surface area (Å²) in [6.07, 6.45) is -0.105. The largest absolute Gasteiger partial charge is 0.481 e. The number of aromatic nitrogens is 2. The summed E-state index contributed by atoms with van der Waals surface area (Å²) in [5.74, 6) is -2.62. The minimum Gasteiger partial charge on any atom is -0.481 e. The predicted octanol–water partition coefficient (Wildman–Crippen LogP) is 3.14. The van der Waals surface area contributed by atoms with Crippen LogP contribution in [0.2, 0.25) is 0 Å². The van der Waals surface area contributed by atoms with Crippen LogP contribution in [-0.4, -0.2) is 20.9 Å². The van der Waals surface area contributed by atoms with Crippen LogP contribution in [0.4, 0.5) is 13.2 Å². The van der Waals surface area contributed by atoms with Gasteiger partial charge in [-0.2, -0.15) is 5.10 Å². The van der Waals surface area contributed by atoms with E-state index in [1.807, 2.05) is 0 Å². The molecule has 0 bridgehead atoms. The second kappa shape index (κ2) is 5.36. The quantitative estimate of drug-likeness (QED) is 0.938. The van der Waals surface area contributed by atoms with Gasteiger partial charge in [0.15, 0.2) is 0 Å². The van der Waals surface area contributed by atoms with Crippen LogP contribution in [0.15, 0.2) is 30.6 Å². The van der Waals surface area contributed by atoms with Crippen molar-refractivity contribution in [3.63, 3.8) is 0 Å². The van der Waals surface area contributed by atoms with E-state index in [0.29, 0.717) is 5.56 Å². The molecule has 4 nitrogen and oxygen atoms in total. The summed E-state index contributed by atoms with van der Waals surface area (Å²) in [5.41, 5.74) is 0.0628. The molecule has 0 aliphatic heterocycles. The van der Waals surface area contributed by atoms with Gasteiger partial charge in [-0.15, -0.1) is 0 Å². The van der Waals surface area contributed by atoms with Gasteiger partial charge >= 0.3 is 5.97 Å². The van der Waals surface area contributed by atoms with Gasteiger partial charge in [0.25, 0.3) is 6.43 Å². The van der Waals surface area contributed by atoms with Crippen LogP contribution in [-0.2, 0) is 4.79 Å². The molecule has 1 N–H and O–H groups in total. The summed E-state index contributed by atoms with van der Waals surface area (Å²) in [7, 11) is 0. The number of carboxylic acids is 1. The Morgan fingerprint density at radius 1 is 1.30 bits per heavy atom. The van der Waals surface area contributed by atoms with Crippen molar-refractivity contribution < 1.29 is 23.1 Å². The third-order valence-corrected chi connectivity index (χ3v) is 2.89. The average molecular weight is 284 g/mol. The Hall–Kier alpha value is -2.31. The lowest BCUT2D eigenvalue weighted by Gasteiger charge is -2.06. The third kappa shape index (κ3) is 2.81. The molecule has 2 rings (SSSR count). The van der Waals surface area contributed by atoms with E-state index in [9.17, 15) is 18.0 Å². The highest BCUT2D eigenvalue weighted by Gasteiger charge is 2.17. The number of carboxylic acid groups (broad SMARTS) is 1. The lowest BCUT2D eigenvalue weighted by molar-refractivity contribution is -0.138. The number of benzene rings is 1. The SMILES string of the molecule is CC(C(=O)O)c1cnn(-c2cc(F)cc(C(F)F)c2)c1. The maximum absolute atomic E-state index is 13.3. The molecule has 1 aromatic heterocycles. The maximum atomic E-state index is 13.3. The monoisotopic (exact) mass is 284 g/mol. The second-order valence-corrected chi connectivity index (χ2v) is 4.32. The normalized spacial score (nSPS) is 12.7. The molecule has 1 heterocycles. The zero-order valence-electron chi connectivity index (χ0n) is 10.4. The standard InChI is InChI=1S/C13H11F3N2O2/c1-7(13(19)20)9-5-17-18(6-9)11-3-8(12(15)16)2-10(14)4-11/h2-7,12H,1H3,(H,19,20). The highest BCUT2D eigenvalue weighted by Crippen LogP contribution is 2.24. The molecule has 0 radical (unpaired) electrons. The van der Waals surface area contributed by atoms with E-state index in [-0.39, 0.29) is 5.69 Å². The summed E-state index contributed by atoms with van der Waals surface area (Å²) in [6.45, 7) is 1.47. The first-order chi connectivity index (χ1) is 9.38. The van der Waals surface area contributed by atoms with Crippen LogP contribution in [0.1, 0.15) is 30.4 Å². The molecule has 20 heavy (non-hydrogen) atoms. The first-order valence-electron chi connectivity index (χ1n) is 5.75. The number of nitrogens with zero attached hydrogens (tertiary/aromatic N) is 2. The predicted molar refractivity (Wildman–Crippen MR) is 64.5 cm³/mol. The van der Waals surface area contributed by atoms with Crippen molar-refractivity contribution in [2.45, 2.75) is 19.3 Å². The number of alkyl halides is 2. The van der Waals surface area contributed by atoms with Crippen molar-refractivity contribution in [2.75, 3.05) is 0 Å². The maximum Gasteiger partial charge on any atom is 0.310 e. The van der Waals surface area contributed by atoms with E-state index in [1.165, 1.54) is 24.0 Å². The first kappa shape index (κ1) is 14.1. The Morgan fingerprint density at radius 3 is 2.60 bits per heavy atom. The topological polar surface area (TPSA) is 55.1 Å². The summed E-state index contributed by atoms with van der Waals surface area (Å²) >= 11 is 0. The van der Waals surface area contributed by atoms with Crippen LogP contribution in [0.5, 0.6) is 0 Å². The number of hydrogen-bond donors (Lipinski definition) is 1. The van der Waals surface area contributed by atoms with E-state index in [4.69, 9.17) is 5.11 Å². The Balaban J connectivity index is 2.39. The molecule has 1 aromatic carbocycles. The van der Waals surface area contributed by atoms with Gasteiger partial charge in [0.2, 0.25) is 0 Å². The van der Waals surface area contributed by atoms with Crippen LogP contribution in [0.3, 0.4) is 0 Å². The highest BCUT2D eigenvalue weighted by atomic mass is 19.3. The molecule has 7 heteroatoms. The van der Waals surface area contributed by atoms with Crippen LogP contribution in [0, 0.1) is 5.82 Å². The Kier molecular flexibility index (Phi) is 3.78. The molecule has 0 aliphatic rings. The molecule has 1 unspecified atom stereocenters. The van der Waals surface area contributed by atoms with E-state index < -0.39 is 29.7 Å². The number of aliphatic carboxylic acids is 1. The lowest BCUT2D eigenvalue weighted by atomic mass is 10.1. The van der Waals surface area contributed by atoms with Crippen molar-refractivity contribution in [3.8, 4) is 5.69 Å². The lowest BCUT2D eigenvalue weighted by Crippen LogP contribution is -2.06. The Labute approximate surface area is 112 Å². The second-order valence-electron chi connectivity index (χ2n) is 4.32. The smallest absolute Gasteiger partial charge is 0.310 e. The number of rotatable bonds is 4. The fourth-order valence-corrected chi connectivity index (χ4v) is 1.70. The van der Waals surface area contributed by atoms with E-state index >= 15 is 0 Å². The molecule has 0 spiro atoms. The van der Waals surface area contributed by atoms with E-state index in [0.717, 1.165) is 18.2 Å². The van der Waals surface area contributed by atoms with Gasteiger partial charge in [0.1, 0.15) is 5.82 Å². The van der Waals surface area contributed by atoms with Crippen molar-refractivity contribution in [3.05, 3.63) is 47.5 Å². The summed E-state index contributed by atoms with van der Waals surface area (Å²) in [4.78, 5) is 10.8. The molecule has 0 amide bonds. The van der Waals surface area contributed by atoms with Gasteiger partial charge in [-0.05, 0) is 25.1 Å². The van der Waals surface area contributed by atoms with Gasteiger partial charge in [-0.1, -0.05) is 0 Å². The van der Waals surface area contributed by atoms with Crippen molar-refractivity contribution in [1.82, 2.24) is 9.78 Å². The van der Waals surface area contributed by atoms with Crippen molar-refractivity contribution >= 4 is 5.97 Å². The molecule has 1 atom stereocenters. The molecule has 2 aromatic rings. The van der Waals surface area contributed by atoms with Gasteiger partial charge in [-0.25, -0.2) is 17.9 Å². The Bertz CT molecular complexity index is 640. The number of halogens is 3. The molecule has 106 valence electrons. The molecule has 0 aliphatic carbocycles. The van der Waals surface area contributed by atoms with Crippen LogP contribution in [0.25, 0.3) is 5.69 Å². The molecular weight excluding hydrogens is 273 g/mol.